The number of ether oxygens (including phenoxy) is 1. The Balaban J connectivity index is 2.22. The number of esters is 1. The molecule has 0 unspecified atom stereocenters. The summed E-state index contributed by atoms with van der Waals surface area (Å²) in [5.41, 5.74) is -0.401. The molecule has 0 spiro atoms. The lowest BCUT2D eigenvalue weighted by Crippen LogP contribution is -2.49. The molecule has 0 aromatic carbocycles. The molecule has 2 heterocycles. The van der Waals surface area contributed by atoms with Crippen LogP contribution in [-0.2, 0) is 9.53 Å². The Labute approximate surface area is 83.8 Å². The van der Waals surface area contributed by atoms with Gasteiger partial charge in [-0.3, -0.25) is 9.69 Å². The van der Waals surface area contributed by atoms with Crippen LogP contribution in [0, 0.1) is 0 Å². The van der Waals surface area contributed by atoms with Crippen molar-refractivity contribution in [3.8, 4) is 0 Å². The highest BCUT2D eigenvalue weighted by atomic mass is 16.5. The van der Waals surface area contributed by atoms with Gasteiger partial charge in [-0.25, -0.2) is 0 Å². The number of aliphatic hydroxyl groups is 1. The zero-order chi connectivity index (χ0) is 10.2. The highest BCUT2D eigenvalue weighted by molar-refractivity contribution is 5.81. The first kappa shape index (κ1) is 9.93. The lowest BCUT2D eigenvalue weighted by atomic mass is 9.94. The quantitative estimate of drug-likeness (QED) is 0.643. The van der Waals surface area contributed by atoms with Crippen molar-refractivity contribution in [3.05, 3.63) is 0 Å². The largest absolute Gasteiger partial charge is 0.468 e. The average Bonchev–Trinajstić information content (AvgIpc) is 2.74. The van der Waals surface area contributed by atoms with Gasteiger partial charge in [0, 0.05) is 6.04 Å². The summed E-state index contributed by atoms with van der Waals surface area (Å²) >= 11 is 0. The van der Waals surface area contributed by atoms with Crippen molar-refractivity contribution in [3.63, 3.8) is 0 Å². The number of carbonyl (C=O) groups is 1. The van der Waals surface area contributed by atoms with Crippen molar-refractivity contribution in [2.75, 3.05) is 20.3 Å². The van der Waals surface area contributed by atoms with Crippen molar-refractivity contribution in [2.45, 2.75) is 37.3 Å². The number of rotatable bonds is 2. The lowest BCUT2D eigenvalue weighted by Gasteiger charge is -2.31. The predicted octanol–water partition coefficient (Wildman–Crippen LogP) is 0.149. The molecular formula is C10H17NO3. The normalized spacial score (nSPS) is 37.1. The first-order valence-electron chi connectivity index (χ1n) is 5.20. The average molecular weight is 199 g/mol. The molecule has 4 heteroatoms. The number of carbonyl (C=O) groups excluding carboxylic acids is 1. The highest BCUT2D eigenvalue weighted by Gasteiger charge is 2.54. The summed E-state index contributed by atoms with van der Waals surface area (Å²) in [6.07, 6.45) is 3.66. The Morgan fingerprint density at radius 2 is 2.43 bits per heavy atom. The van der Waals surface area contributed by atoms with E-state index in [-0.39, 0.29) is 18.6 Å². The van der Waals surface area contributed by atoms with Crippen LogP contribution in [-0.4, -0.2) is 47.8 Å². The van der Waals surface area contributed by atoms with Crippen LogP contribution < -0.4 is 0 Å². The van der Waals surface area contributed by atoms with Gasteiger partial charge >= 0.3 is 5.97 Å². The zero-order valence-corrected chi connectivity index (χ0v) is 8.53. The summed E-state index contributed by atoms with van der Waals surface area (Å²) in [4.78, 5) is 13.9. The monoisotopic (exact) mass is 199 g/mol. The predicted molar refractivity (Wildman–Crippen MR) is 50.8 cm³/mol. The van der Waals surface area contributed by atoms with E-state index in [9.17, 15) is 9.90 Å². The van der Waals surface area contributed by atoms with E-state index in [1.54, 1.807) is 0 Å². The maximum atomic E-state index is 11.7. The Morgan fingerprint density at radius 3 is 3.07 bits per heavy atom. The fourth-order valence-corrected chi connectivity index (χ4v) is 2.96. The summed E-state index contributed by atoms with van der Waals surface area (Å²) in [6, 6.07) is 0.164. The smallest absolute Gasteiger partial charge is 0.326 e. The minimum absolute atomic E-state index is 0.119. The van der Waals surface area contributed by atoms with E-state index in [4.69, 9.17) is 4.74 Å². The molecular weight excluding hydrogens is 182 g/mol. The van der Waals surface area contributed by atoms with Crippen LogP contribution in [0.5, 0.6) is 0 Å². The topological polar surface area (TPSA) is 49.8 Å². The number of methoxy groups -OCH3 is 1. The summed E-state index contributed by atoms with van der Waals surface area (Å²) in [5.74, 6) is -0.119. The van der Waals surface area contributed by atoms with Gasteiger partial charge in [0.05, 0.1) is 13.7 Å². The van der Waals surface area contributed by atoms with Gasteiger partial charge < -0.3 is 9.84 Å². The standard InChI is InChI=1S/C10H17NO3/c1-14-9(13)10-4-2-6-11(10)8(7-12)3-5-10/h8,12H,2-7H2,1H3/t8-,10+/m1/s1. The summed E-state index contributed by atoms with van der Waals surface area (Å²) in [6.45, 7) is 1.07. The van der Waals surface area contributed by atoms with Gasteiger partial charge in [0.2, 0.25) is 0 Å². The second kappa shape index (κ2) is 3.51. The van der Waals surface area contributed by atoms with Gasteiger partial charge in [-0.05, 0) is 32.2 Å². The van der Waals surface area contributed by atoms with Crippen molar-refractivity contribution >= 4 is 5.97 Å². The van der Waals surface area contributed by atoms with Crippen LogP contribution >= 0.6 is 0 Å². The number of nitrogens with zero attached hydrogens (tertiary/aromatic N) is 1. The summed E-state index contributed by atoms with van der Waals surface area (Å²) < 4.78 is 4.87. The first-order chi connectivity index (χ1) is 6.74. The second-order valence-electron chi connectivity index (χ2n) is 4.20. The minimum atomic E-state index is -0.401. The van der Waals surface area contributed by atoms with E-state index in [2.05, 4.69) is 4.90 Å². The fourth-order valence-electron chi connectivity index (χ4n) is 2.96. The molecule has 4 nitrogen and oxygen atoms in total. The van der Waals surface area contributed by atoms with E-state index in [1.807, 2.05) is 0 Å². The Bertz CT molecular complexity index is 244. The van der Waals surface area contributed by atoms with E-state index >= 15 is 0 Å². The highest BCUT2D eigenvalue weighted by Crippen LogP contribution is 2.42. The van der Waals surface area contributed by atoms with Crippen LogP contribution in [0.25, 0.3) is 0 Å². The number of hydrogen-bond acceptors (Lipinski definition) is 4. The molecule has 0 saturated carbocycles. The molecule has 2 aliphatic heterocycles. The minimum Gasteiger partial charge on any atom is -0.468 e. The van der Waals surface area contributed by atoms with Crippen LogP contribution in [0.2, 0.25) is 0 Å². The van der Waals surface area contributed by atoms with E-state index in [0.717, 1.165) is 32.2 Å². The van der Waals surface area contributed by atoms with Gasteiger partial charge in [-0.2, -0.15) is 0 Å². The van der Waals surface area contributed by atoms with Crippen LogP contribution in [0.3, 0.4) is 0 Å². The fraction of sp³-hybridized carbons (Fsp3) is 0.900. The molecule has 2 fully saturated rings. The molecule has 0 amide bonds. The number of hydrogen-bond donors (Lipinski definition) is 1. The Kier molecular flexibility index (Phi) is 2.49. The molecule has 2 atom stereocenters. The molecule has 1 N–H and O–H groups in total. The van der Waals surface area contributed by atoms with E-state index < -0.39 is 5.54 Å². The number of fused-ring (bicyclic) bond motifs is 1. The van der Waals surface area contributed by atoms with Crippen molar-refractivity contribution in [2.24, 2.45) is 0 Å². The van der Waals surface area contributed by atoms with Crippen molar-refractivity contribution < 1.29 is 14.6 Å². The maximum absolute atomic E-state index is 11.7. The third kappa shape index (κ3) is 1.17. The van der Waals surface area contributed by atoms with E-state index in [0.29, 0.717) is 0 Å². The van der Waals surface area contributed by atoms with E-state index in [1.165, 1.54) is 7.11 Å². The molecule has 0 bridgehead atoms. The molecule has 0 aromatic rings. The Morgan fingerprint density at radius 1 is 1.64 bits per heavy atom. The molecule has 2 rings (SSSR count). The maximum Gasteiger partial charge on any atom is 0.326 e. The third-order valence-electron chi connectivity index (χ3n) is 3.65. The van der Waals surface area contributed by atoms with Gasteiger partial charge in [0.25, 0.3) is 0 Å². The second-order valence-corrected chi connectivity index (χ2v) is 4.20. The van der Waals surface area contributed by atoms with Gasteiger partial charge in [0.1, 0.15) is 5.54 Å². The SMILES string of the molecule is COC(=O)[C@@]12CCCN1[C@@H](CO)CC2. The van der Waals surface area contributed by atoms with Crippen LogP contribution in [0.4, 0.5) is 0 Å². The molecule has 0 aliphatic carbocycles. The molecule has 14 heavy (non-hydrogen) atoms. The van der Waals surface area contributed by atoms with Gasteiger partial charge in [-0.15, -0.1) is 0 Å². The number of aliphatic hydroxyl groups excluding tert-OH is 1. The molecule has 0 aromatic heterocycles. The molecule has 2 saturated heterocycles. The van der Waals surface area contributed by atoms with Gasteiger partial charge in [0.15, 0.2) is 0 Å². The van der Waals surface area contributed by atoms with Crippen molar-refractivity contribution in [1.82, 2.24) is 4.90 Å². The third-order valence-corrected chi connectivity index (χ3v) is 3.65. The molecule has 80 valence electrons. The summed E-state index contributed by atoms with van der Waals surface area (Å²) in [5, 5.41) is 9.19. The van der Waals surface area contributed by atoms with Crippen LogP contribution in [0.1, 0.15) is 25.7 Å². The summed E-state index contributed by atoms with van der Waals surface area (Å²) in [7, 11) is 1.44. The van der Waals surface area contributed by atoms with Gasteiger partial charge in [-0.1, -0.05) is 0 Å². The Hall–Kier alpha value is -0.610. The molecule has 2 aliphatic rings. The van der Waals surface area contributed by atoms with Crippen LogP contribution in [0.15, 0.2) is 0 Å². The molecule has 0 radical (unpaired) electrons. The zero-order valence-electron chi connectivity index (χ0n) is 8.53. The van der Waals surface area contributed by atoms with Crippen molar-refractivity contribution in [1.29, 1.82) is 0 Å². The lowest BCUT2D eigenvalue weighted by molar-refractivity contribution is -0.152. The first-order valence-corrected chi connectivity index (χ1v) is 5.20.